The van der Waals surface area contributed by atoms with Crippen molar-refractivity contribution < 1.29 is 37.0 Å². The largest absolute Gasteiger partial charge is 0.469 e. The average Bonchev–Trinajstić information content (AvgIpc) is 2.67. The predicted octanol–water partition coefficient (Wildman–Crippen LogP) is 3.63. The van der Waals surface area contributed by atoms with E-state index >= 15 is 0 Å². The molecule has 3 unspecified atom stereocenters. The molecule has 0 fully saturated rings. The maximum atomic E-state index is 14.1. The van der Waals surface area contributed by atoms with Crippen LogP contribution in [0.3, 0.4) is 0 Å². The molecule has 180 valence electrons. The van der Waals surface area contributed by atoms with Crippen LogP contribution >= 0.6 is 0 Å². The molecular weight excluding hydrogens is 429 g/mol. The van der Waals surface area contributed by atoms with Crippen LogP contribution in [0, 0.1) is 23.4 Å². The Morgan fingerprint density at radius 2 is 1.62 bits per heavy atom. The summed E-state index contributed by atoms with van der Waals surface area (Å²) in [5.41, 5.74) is -1.00. The van der Waals surface area contributed by atoms with Crippen LogP contribution in [0.1, 0.15) is 53.0 Å². The van der Waals surface area contributed by atoms with Crippen LogP contribution in [0.2, 0.25) is 0 Å². The van der Waals surface area contributed by atoms with Gasteiger partial charge in [-0.05, 0) is 44.7 Å². The van der Waals surface area contributed by atoms with Crippen LogP contribution in [-0.2, 0) is 25.5 Å². The fourth-order valence-electron chi connectivity index (χ4n) is 2.87. The topological polar surface area (TPSA) is 93.7 Å². The van der Waals surface area contributed by atoms with Gasteiger partial charge in [-0.3, -0.25) is 9.59 Å². The molecule has 2 amide bonds. The molecule has 0 radical (unpaired) electrons. The van der Waals surface area contributed by atoms with Gasteiger partial charge in [0.1, 0.15) is 17.5 Å². The molecule has 0 aliphatic carbocycles. The molecule has 1 rings (SSSR count). The van der Waals surface area contributed by atoms with Gasteiger partial charge in [-0.25, -0.2) is 18.0 Å². The summed E-state index contributed by atoms with van der Waals surface area (Å²) in [5, 5.41) is 5.10. The third-order valence-corrected chi connectivity index (χ3v) is 4.71. The van der Waals surface area contributed by atoms with Crippen molar-refractivity contribution in [1.29, 1.82) is 0 Å². The molecule has 3 atom stereocenters. The maximum Gasteiger partial charge on any atom is 0.408 e. The molecular formula is C22H31F3N2O5. The Hall–Kier alpha value is -2.78. The molecule has 0 bridgehead atoms. The quantitative estimate of drug-likeness (QED) is 0.434. The van der Waals surface area contributed by atoms with E-state index in [4.69, 9.17) is 4.74 Å². The van der Waals surface area contributed by atoms with Crippen LogP contribution < -0.4 is 10.6 Å². The highest BCUT2D eigenvalue weighted by Crippen LogP contribution is 2.18. The highest BCUT2D eigenvalue weighted by atomic mass is 19.2. The summed E-state index contributed by atoms with van der Waals surface area (Å²) in [4.78, 5) is 37.0. The standard InChI is InChI=1S/C22H31F3N2O5/c1-7-12(2)19(27-21(30)32-22(3,4)5)20(29)26-14(10-18(28)31-6)8-13-9-16(24)17(25)11-15(13)23/h9,11-12,14,19H,7-8,10H2,1-6H3,(H,26,29)(H,27,30). The minimum Gasteiger partial charge on any atom is -0.469 e. The van der Waals surface area contributed by atoms with Gasteiger partial charge < -0.3 is 20.1 Å². The van der Waals surface area contributed by atoms with Gasteiger partial charge >= 0.3 is 12.1 Å². The van der Waals surface area contributed by atoms with Crippen molar-refractivity contribution in [2.45, 2.75) is 71.6 Å². The third kappa shape index (κ3) is 8.76. The summed E-state index contributed by atoms with van der Waals surface area (Å²) >= 11 is 0. The van der Waals surface area contributed by atoms with Crippen molar-refractivity contribution in [3.05, 3.63) is 35.1 Å². The summed E-state index contributed by atoms with van der Waals surface area (Å²) < 4.78 is 50.7. The lowest BCUT2D eigenvalue weighted by Gasteiger charge is -2.28. The van der Waals surface area contributed by atoms with Gasteiger partial charge in [0.25, 0.3) is 0 Å². The van der Waals surface area contributed by atoms with E-state index in [0.717, 1.165) is 7.11 Å². The van der Waals surface area contributed by atoms with E-state index in [1.165, 1.54) is 0 Å². The van der Waals surface area contributed by atoms with E-state index in [2.05, 4.69) is 15.4 Å². The first-order valence-corrected chi connectivity index (χ1v) is 10.3. The highest BCUT2D eigenvalue weighted by Gasteiger charge is 2.30. The van der Waals surface area contributed by atoms with E-state index in [1.807, 2.05) is 6.92 Å². The number of amides is 2. The summed E-state index contributed by atoms with van der Waals surface area (Å²) in [6, 6.07) is -0.939. The summed E-state index contributed by atoms with van der Waals surface area (Å²) in [6.45, 7) is 8.59. The summed E-state index contributed by atoms with van der Waals surface area (Å²) in [5.74, 6) is -5.26. The van der Waals surface area contributed by atoms with Crippen molar-refractivity contribution in [3.63, 3.8) is 0 Å². The minimum atomic E-state index is -1.35. The average molecular weight is 460 g/mol. The molecule has 0 heterocycles. The second-order valence-corrected chi connectivity index (χ2v) is 8.56. The number of nitrogens with one attached hydrogen (secondary N) is 2. The van der Waals surface area contributed by atoms with E-state index in [0.29, 0.717) is 18.6 Å². The van der Waals surface area contributed by atoms with Gasteiger partial charge in [0, 0.05) is 12.1 Å². The van der Waals surface area contributed by atoms with Crippen molar-refractivity contribution >= 4 is 18.0 Å². The van der Waals surface area contributed by atoms with Gasteiger partial charge in [-0.2, -0.15) is 0 Å². The Balaban J connectivity index is 3.08. The van der Waals surface area contributed by atoms with Crippen LogP contribution in [0.4, 0.5) is 18.0 Å². The number of halogens is 3. The number of benzene rings is 1. The number of ether oxygens (including phenoxy) is 2. The fraction of sp³-hybridized carbons (Fsp3) is 0.591. The van der Waals surface area contributed by atoms with Gasteiger partial charge in [-0.15, -0.1) is 0 Å². The molecule has 0 saturated heterocycles. The first kappa shape index (κ1) is 27.3. The normalized spacial score (nSPS) is 14.2. The first-order valence-electron chi connectivity index (χ1n) is 10.3. The number of hydrogen-bond donors (Lipinski definition) is 2. The van der Waals surface area contributed by atoms with Gasteiger partial charge in [0.15, 0.2) is 11.6 Å². The van der Waals surface area contributed by atoms with Crippen molar-refractivity contribution in [1.82, 2.24) is 10.6 Å². The number of rotatable bonds is 9. The van der Waals surface area contributed by atoms with Gasteiger partial charge in [0.05, 0.1) is 13.5 Å². The lowest BCUT2D eigenvalue weighted by Crippen LogP contribution is -2.54. The van der Waals surface area contributed by atoms with E-state index in [9.17, 15) is 27.6 Å². The Morgan fingerprint density at radius 3 is 2.16 bits per heavy atom. The Bertz CT molecular complexity index is 827. The lowest BCUT2D eigenvalue weighted by atomic mass is 9.96. The molecule has 7 nitrogen and oxygen atoms in total. The van der Waals surface area contributed by atoms with Gasteiger partial charge in [-0.1, -0.05) is 20.3 Å². The first-order chi connectivity index (χ1) is 14.8. The monoisotopic (exact) mass is 460 g/mol. The van der Waals surface area contributed by atoms with Crippen LogP contribution in [0.15, 0.2) is 12.1 Å². The molecule has 0 aliphatic heterocycles. The number of carbonyl (C=O) groups excluding carboxylic acids is 3. The smallest absolute Gasteiger partial charge is 0.408 e. The molecule has 0 aliphatic rings. The Kier molecular flexibility index (Phi) is 9.99. The third-order valence-electron chi connectivity index (χ3n) is 4.71. The number of esters is 1. The number of methoxy groups -OCH3 is 1. The number of hydrogen-bond acceptors (Lipinski definition) is 5. The zero-order valence-corrected chi connectivity index (χ0v) is 19.2. The number of alkyl carbamates (subject to hydrolysis) is 1. The second kappa shape index (κ2) is 11.7. The van der Waals surface area contributed by atoms with Crippen molar-refractivity contribution in [3.8, 4) is 0 Å². The Morgan fingerprint density at radius 1 is 1.03 bits per heavy atom. The molecule has 2 N–H and O–H groups in total. The Labute approximate surface area is 186 Å². The molecule has 1 aromatic rings. The predicted molar refractivity (Wildman–Crippen MR) is 111 cm³/mol. The molecule has 32 heavy (non-hydrogen) atoms. The highest BCUT2D eigenvalue weighted by molar-refractivity contribution is 5.86. The van der Waals surface area contributed by atoms with Gasteiger partial charge in [0.2, 0.25) is 5.91 Å². The van der Waals surface area contributed by atoms with Crippen molar-refractivity contribution in [2.75, 3.05) is 7.11 Å². The van der Waals surface area contributed by atoms with E-state index in [1.54, 1.807) is 27.7 Å². The SMILES string of the molecule is CCC(C)C(NC(=O)OC(C)(C)C)C(=O)NC(CC(=O)OC)Cc1cc(F)c(F)cc1F. The maximum absolute atomic E-state index is 14.1. The summed E-state index contributed by atoms with van der Waals surface area (Å²) in [7, 11) is 1.14. The minimum absolute atomic E-state index is 0.224. The molecule has 1 aromatic carbocycles. The number of carbonyl (C=O) groups is 3. The molecule has 0 saturated carbocycles. The molecule has 0 aromatic heterocycles. The zero-order chi connectivity index (χ0) is 24.6. The van der Waals surface area contributed by atoms with E-state index < -0.39 is 53.1 Å². The second-order valence-electron chi connectivity index (χ2n) is 8.56. The van der Waals surface area contributed by atoms with Crippen molar-refractivity contribution in [2.24, 2.45) is 5.92 Å². The zero-order valence-electron chi connectivity index (χ0n) is 19.2. The lowest BCUT2D eigenvalue weighted by molar-refractivity contribution is -0.141. The fourth-order valence-corrected chi connectivity index (χ4v) is 2.87. The molecule has 10 heteroatoms. The summed E-state index contributed by atoms with van der Waals surface area (Å²) in [6.07, 6.45) is -0.911. The van der Waals surface area contributed by atoms with Crippen LogP contribution in [0.5, 0.6) is 0 Å². The van der Waals surface area contributed by atoms with E-state index in [-0.39, 0.29) is 24.3 Å². The van der Waals surface area contributed by atoms with Crippen LogP contribution in [-0.4, -0.2) is 42.8 Å². The molecule has 0 spiro atoms. The van der Waals surface area contributed by atoms with Crippen LogP contribution in [0.25, 0.3) is 0 Å².